The van der Waals surface area contributed by atoms with Crippen LogP contribution in [-0.2, 0) is 56.0 Å². The zero-order chi connectivity index (χ0) is 56.5. The highest BCUT2D eigenvalue weighted by Gasteiger charge is 2.45. The van der Waals surface area contributed by atoms with Crippen molar-refractivity contribution in [3.8, 4) is 0 Å². The minimum absolute atomic E-state index is 0.0793. The fraction of sp³-hybridized carbons (Fsp3) is 0.644. The highest BCUT2D eigenvalue weighted by atomic mass is 16.2. The number of hydrogen-bond acceptors (Lipinski definition) is 9. The number of nitrogens with zero attached hydrogens (tertiary/aromatic N) is 2. The summed E-state index contributed by atoms with van der Waals surface area (Å²) < 4.78 is 0. The molecule has 3 saturated heterocycles. The van der Waals surface area contributed by atoms with Gasteiger partial charge in [-0.3, -0.25) is 43.2 Å². The van der Waals surface area contributed by atoms with Crippen molar-refractivity contribution >= 4 is 53.2 Å². The largest absolute Gasteiger partial charge is 0.354 e. The fourth-order valence-corrected chi connectivity index (χ4v) is 10.7. The van der Waals surface area contributed by atoms with Crippen molar-refractivity contribution < 1.29 is 43.2 Å². The van der Waals surface area contributed by atoms with Crippen LogP contribution in [0.5, 0.6) is 0 Å². The van der Waals surface area contributed by atoms with Crippen LogP contribution in [0.25, 0.3) is 0 Å². The van der Waals surface area contributed by atoms with Gasteiger partial charge >= 0.3 is 0 Å². The first-order valence-corrected chi connectivity index (χ1v) is 28.4. The Morgan fingerprint density at radius 1 is 0.481 bits per heavy atom. The molecule has 0 spiro atoms. The van der Waals surface area contributed by atoms with E-state index in [1.165, 1.54) is 4.90 Å². The van der Waals surface area contributed by atoms with Gasteiger partial charge in [-0.25, -0.2) is 0 Å². The maximum atomic E-state index is 14.6. The van der Waals surface area contributed by atoms with E-state index in [1.54, 1.807) is 18.7 Å². The minimum atomic E-state index is -1.14. The van der Waals surface area contributed by atoms with Crippen LogP contribution in [0, 0.1) is 35.5 Å². The van der Waals surface area contributed by atoms with E-state index in [9.17, 15) is 43.2 Å². The topological polar surface area (TPSA) is 244 Å². The van der Waals surface area contributed by atoms with E-state index in [0.29, 0.717) is 51.5 Å². The van der Waals surface area contributed by atoms with Gasteiger partial charge in [-0.2, -0.15) is 0 Å². The van der Waals surface area contributed by atoms with Crippen molar-refractivity contribution in [3.63, 3.8) is 0 Å². The van der Waals surface area contributed by atoms with Gasteiger partial charge in [0.15, 0.2) is 0 Å². The van der Waals surface area contributed by atoms with Crippen LogP contribution < -0.4 is 37.2 Å². The molecule has 18 heteroatoms. The van der Waals surface area contributed by atoms with E-state index in [-0.39, 0.29) is 62.4 Å². The molecule has 0 aromatic heterocycles. The molecule has 2 aromatic carbocycles. The Morgan fingerprint density at radius 2 is 0.922 bits per heavy atom. The number of benzene rings is 2. The van der Waals surface area contributed by atoms with Crippen LogP contribution in [0.15, 0.2) is 60.7 Å². The van der Waals surface area contributed by atoms with Crippen molar-refractivity contribution in [1.82, 2.24) is 47.0 Å². The summed E-state index contributed by atoms with van der Waals surface area (Å²) in [7, 11) is 0. The lowest BCUT2D eigenvalue weighted by atomic mass is 9.93. The molecule has 0 aliphatic carbocycles. The SMILES string of the molecule is CC[C@H](C)[C@@H]1NC(=O)[C@H](CC(C)C)NC(=O)[C@H](Cc2ccccc2)NC(=O)C[C@H](Cc2ccccc2)CNC(=O)[C@@H]2CCCN2C(=O)[C@@H]2CCCN2C(=O)[C@H](C(C)C)NC(=O)[C@H](CC(C)C)NC(=O)[C@H]([C@@H](C)CC)NC1=O. The second-order valence-electron chi connectivity index (χ2n) is 23.0. The molecular weight excluding hydrogens is 979 g/mol. The van der Waals surface area contributed by atoms with Gasteiger partial charge in [0.2, 0.25) is 53.2 Å². The number of fused-ring (bicyclic) bond motifs is 2. The molecule has 7 N–H and O–H groups in total. The summed E-state index contributed by atoms with van der Waals surface area (Å²) in [5.74, 6) is -6.53. The Balaban J connectivity index is 1.56. The lowest BCUT2D eigenvalue weighted by Gasteiger charge is -2.34. The van der Waals surface area contributed by atoms with E-state index in [2.05, 4.69) is 37.2 Å². The molecule has 77 heavy (non-hydrogen) atoms. The lowest BCUT2D eigenvalue weighted by molar-refractivity contribution is -0.148. The number of amides is 9. The van der Waals surface area contributed by atoms with Crippen molar-refractivity contribution in [2.24, 2.45) is 35.5 Å². The molecule has 0 unspecified atom stereocenters. The standard InChI is InChI=1S/C59H89N9O9/c1-11-38(9)50-56(74)63-44(30-36(5)6)53(71)64-49(37(7)8)59(77)68-28-20-26-47(68)58(76)67-27-19-25-46(67)55(73)60-34-42(31-40-21-15-13-16-22-40)33-48(69)61-45(32-41-23-17-14-18-24-41)52(70)62-43(29-35(3)4)54(72)65-51(39(10)12-2)57(75)66-50/h13-18,21-24,35-39,42-47,49-51H,11-12,19-20,25-34H2,1-10H3,(H,60,73)(H,61,69)(H,62,70)(H,63,74)(H,64,71)(H,65,72)(H,66,75)/t38-,39-,42-,43-,44-,45-,46-,47-,49-,50-,51-/m0/s1. The van der Waals surface area contributed by atoms with Crippen LogP contribution in [-0.4, -0.2) is 131 Å². The Labute approximate surface area is 456 Å². The summed E-state index contributed by atoms with van der Waals surface area (Å²) in [4.78, 5) is 133. The average molecular weight is 1070 g/mol. The van der Waals surface area contributed by atoms with E-state index in [4.69, 9.17) is 0 Å². The quantitative estimate of drug-likeness (QED) is 0.151. The molecule has 3 fully saturated rings. The molecule has 3 aliphatic rings. The summed E-state index contributed by atoms with van der Waals surface area (Å²) >= 11 is 0. The molecule has 0 saturated carbocycles. The number of rotatable bonds is 13. The maximum Gasteiger partial charge on any atom is 0.246 e. The first kappa shape index (κ1) is 61.5. The van der Waals surface area contributed by atoms with Crippen LogP contribution in [0.1, 0.15) is 138 Å². The van der Waals surface area contributed by atoms with E-state index in [0.717, 1.165) is 11.1 Å². The normalized spacial score (nSPS) is 27.2. The molecule has 3 heterocycles. The smallest absolute Gasteiger partial charge is 0.246 e. The molecule has 3 aliphatic heterocycles. The van der Waals surface area contributed by atoms with Gasteiger partial charge in [0.25, 0.3) is 0 Å². The molecule has 18 nitrogen and oxygen atoms in total. The van der Waals surface area contributed by atoms with Gasteiger partial charge in [0.05, 0.1) is 0 Å². The summed E-state index contributed by atoms with van der Waals surface area (Å²) in [6, 6.07) is 10.4. The molecule has 0 bridgehead atoms. The highest BCUT2D eigenvalue weighted by Crippen LogP contribution is 2.27. The number of carbonyl (C=O) groups is 9. The summed E-state index contributed by atoms with van der Waals surface area (Å²) in [6.45, 7) is 19.3. The molecule has 5 rings (SSSR count). The Morgan fingerprint density at radius 3 is 1.43 bits per heavy atom. The highest BCUT2D eigenvalue weighted by molar-refractivity contribution is 5.98. The Bertz CT molecular complexity index is 2330. The first-order valence-electron chi connectivity index (χ1n) is 28.4. The number of hydrogen-bond donors (Lipinski definition) is 7. The van der Waals surface area contributed by atoms with Gasteiger partial charge < -0.3 is 47.0 Å². The predicted octanol–water partition coefficient (Wildman–Crippen LogP) is 4.34. The minimum Gasteiger partial charge on any atom is -0.354 e. The van der Waals surface area contributed by atoms with Crippen LogP contribution >= 0.6 is 0 Å². The van der Waals surface area contributed by atoms with Gasteiger partial charge in [0.1, 0.15) is 48.3 Å². The second-order valence-corrected chi connectivity index (χ2v) is 23.0. The van der Waals surface area contributed by atoms with Crippen molar-refractivity contribution in [3.05, 3.63) is 71.8 Å². The molecule has 424 valence electrons. The molecule has 0 radical (unpaired) electrons. The van der Waals surface area contributed by atoms with Gasteiger partial charge in [-0.1, -0.05) is 143 Å². The maximum absolute atomic E-state index is 14.6. The summed E-state index contributed by atoms with van der Waals surface area (Å²) in [6.07, 6.45) is 3.65. The van der Waals surface area contributed by atoms with Crippen LogP contribution in [0.3, 0.4) is 0 Å². The molecule has 2 aromatic rings. The lowest BCUT2D eigenvalue weighted by Crippen LogP contribution is -2.62. The van der Waals surface area contributed by atoms with Crippen molar-refractivity contribution in [2.75, 3.05) is 19.6 Å². The Hall–Kier alpha value is -6.33. The summed E-state index contributed by atoms with van der Waals surface area (Å²) in [5.41, 5.74) is 1.69. The average Bonchev–Trinajstić information content (AvgIpc) is 4.10. The van der Waals surface area contributed by atoms with Gasteiger partial charge in [-0.05, 0) is 91.6 Å². The molecule has 11 atom stereocenters. The van der Waals surface area contributed by atoms with Crippen molar-refractivity contribution in [1.29, 1.82) is 0 Å². The van der Waals surface area contributed by atoms with Crippen LogP contribution in [0.4, 0.5) is 0 Å². The third-order valence-electron chi connectivity index (χ3n) is 15.5. The second kappa shape index (κ2) is 29.4. The number of nitrogens with one attached hydrogen (secondary N) is 7. The zero-order valence-electron chi connectivity index (χ0n) is 47.3. The van der Waals surface area contributed by atoms with Crippen LogP contribution in [0.2, 0.25) is 0 Å². The predicted molar refractivity (Wildman–Crippen MR) is 295 cm³/mol. The third kappa shape index (κ3) is 17.6. The molecule has 9 amide bonds. The first-order chi connectivity index (χ1) is 36.6. The number of carbonyl (C=O) groups excluding carboxylic acids is 9. The third-order valence-corrected chi connectivity index (χ3v) is 15.5. The van der Waals surface area contributed by atoms with E-state index in [1.807, 2.05) is 116 Å². The molecular formula is C59H89N9O9. The summed E-state index contributed by atoms with van der Waals surface area (Å²) in [5, 5.41) is 20.6. The van der Waals surface area contributed by atoms with Gasteiger partial charge in [-0.15, -0.1) is 0 Å². The zero-order valence-corrected chi connectivity index (χ0v) is 47.3. The fourth-order valence-electron chi connectivity index (χ4n) is 10.7. The monoisotopic (exact) mass is 1070 g/mol. The van der Waals surface area contributed by atoms with E-state index < -0.39 is 113 Å². The van der Waals surface area contributed by atoms with E-state index >= 15 is 0 Å². The van der Waals surface area contributed by atoms with Gasteiger partial charge in [0, 0.05) is 32.5 Å². The van der Waals surface area contributed by atoms with Crippen molar-refractivity contribution in [2.45, 2.75) is 188 Å². The Kier molecular flexibility index (Phi) is 23.5.